The zero-order valence-electron chi connectivity index (χ0n) is 11.0. The van der Waals surface area contributed by atoms with Gasteiger partial charge in [-0.05, 0) is 41.0 Å². The third-order valence-electron chi connectivity index (χ3n) is 2.18. The minimum Gasteiger partial charge on any atom is -0.460 e. The number of rotatable bonds is 6. The molecule has 0 heterocycles. The molecule has 0 N–H and O–H groups in total. The summed E-state index contributed by atoms with van der Waals surface area (Å²) in [7, 11) is 0. The third-order valence-corrected chi connectivity index (χ3v) is 2.18. The molecular formula is C12H25AlO4. The lowest BCUT2D eigenvalue weighted by Gasteiger charge is -2.30. The van der Waals surface area contributed by atoms with Crippen LogP contribution in [0.15, 0.2) is 0 Å². The summed E-state index contributed by atoms with van der Waals surface area (Å²) in [6, 6.07) is 0. The molecular weight excluding hydrogens is 235 g/mol. The fraction of sp³-hybridized carbons (Fsp3) is 0.833. The normalized spacial score (nSPS) is 14.1. The highest BCUT2D eigenvalue weighted by Gasteiger charge is 2.45. The van der Waals surface area contributed by atoms with E-state index in [0.717, 1.165) is 0 Å². The van der Waals surface area contributed by atoms with Crippen molar-refractivity contribution >= 4 is 29.1 Å². The van der Waals surface area contributed by atoms with Crippen LogP contribution in [0.3, 0.4) is 0 Å². The Bertz CT molecular complexity index is 263. The molecule has 0 aliphatic carbocycles. The van der Waals surface area contributed by atoms with Gasteiger partial charge in [0.05, 0.1) is 12.2 Å². The van der Waals surface area contributed by atoms with Crippen molar-refractivity contribution in [1.29, 1.82) is 0 Å². The van der Waals surface area contributed by atoms with Gasteiger partial charge in [0.2, 0.25) is 5.60 Å². The van der Waals surface area contributed by atoms with Crippen LogP contribution >= 0.6 is 0 Å². The van der Waals surface area contributed by atoms with Crippen LogP contribution in [-0.4, -0.2) is 46.9 Å². The van der Waals surface area contributed by atoms with Gasteiger partial charge in [-0.3, -0.25) is 4.79 Å². The minimum atomic E-state index is -1.45. The average Bonchev–Trinajstić information content (AvgIpc) is 2.11. The van der Waals surface area contributed by atoms with Crippen LogP contribution in [0, 0.1) is 0 Å². The Labute approximate surface area is 114 Å². The maximum absolute atomic E-state index is 11.9. The first-order chi connectivity index (χ1) is 7.26. The van der Waals surface area contributed by atoms with E-state index < -0.39 is 11.6 Å². The molecule has 17 heavy (non-hydrogen) atoms. The van der Waals surface area contributed by atoms with Gasteiger partial charge >= 0.3 is 5.97 Å². The van der Waals surface area contributed by atoms with Crippen LogP contribution in [0.5, 0.6) is 0 Å². The van der Waals surface area contributed by atoms with E-state index in [2.05, 4.69) is 0 Å². The Morgan fingerprint density at radius 3 is 1.82 bits per heavy atom. The first kappa shape index (κ1) is 19.0. The van der Waals surface area contributed by atoms with E-state index in [1.165, 1.54) is 6.92 Å². The number of ketones is 1. The zero-order valence-corrected chi connectivity index (χ0v) is 11.0. The standard InChI is InChI=1S/C12H22O4.Al.3H/c1-7-12(10(6)13,16-9(4)5)11(14)15-8(2)3;;;;/h8-9H,7H2,1-6H3;;;;. The highest BCUT2D eigenvalue weighted by molar-refractivity contribution is 6.06. The van der Waals surface area contributed by atoms with Crippen molar-refractivity contribution in [3.63, 3.8) is 0 Å². The average molecular weight is 260 g/mol. The maximum Gasteiger partial charge on any atom is 0.346 e. The van der Waals surface area contributed by atoms with E-state index in [4.69, 9.17) is 9.47 Å². The van der Waals surface area contributed by atoms with E-state index in [-0.39, 0.29) is 41.8 Å². The summed E-state index contributed by atoms with van der Waals surface area (Å²) in [6.45, 7) is 10.2. The molecule has 0 aliphatic heterocycles. The fourth-order valence-electron chi connectivity index (χ4n) is 1.46. The molecule has 0 saturated carbocycles. The first-order valence-corrected chi connectivity index (χ1v) is 5.66. The van der Waals surface area contributed by atoms with Crippen LogP contribution in [0.1, 0.15) is 48.0 Å². The topological polar surface area (TPSA) is 52.6 Å². The summed E-state index contributed by atoms with van der Waals surface area (Å²) in [6.07, 6.45) is -0.177. The van der Waals surface area contributed by atoms with Gasteiger partial charge in [-0.1, -0.05) is 6.92 Å². The largest absolute Gasteiger partial charge is 0.460 e. The second kappa shape index (κ2) is 7.86. The van der Waals surface area contributed by atoms with Gasteiger partial charge in [-0.15, -0.1) is 0 Å². The Balaban J connectivity index is 0. The number of hydrogen-bond donors (Lipinski definition) is 0. The molecule has 0 spiro atoms. The molecule has 0 amide bonds. The highest BCUT2D eigenvalue weighted by atomic mass is 27.0. The molecule has 0 aromatic carbocycles. The molecule has 100 valence electrons. The smallest absolute Gasteiger partial charge is 0.346 e. The molecule has 0 aromatic heterocycles. The summed E-state index contributed by atoms with van der Waals surface area (Å²) >= 11 is 0. The summed E-state index contributed by atoms with van der Waals surface area (Å²) in [5, 5.41) is 0. The van der Waals surface area contributed by atoms with Crippen molar-refractivity contribution in [3.05, 3.63) is 0 Å². The van der Waals surface area contributed by atoms with Crippen molar-refractivity contribution in [2.75, 3.05) is 0 Å². The SMILES string of the molecule is CCC(OC(C)C)(C(C)=O)C(=O)OC(C)C.[AlH3]. The fourth-order valence-corrected chi connectivity index (χ4v) is 1.46. The summed E-state index contributed by atoms with van der Waals surface area (Å²) in [4.78, 5) is 23.5. The number of hydrogen-bond acceptors (Lipinski definition) is 4. The first-order valence-electron chi connectivity index (χ1n) is 5.66. The van der Waals surface area contributed by atoms with Gasteiger partial charge in [-0.2, -0.15) is 0 Å². The lowest BCUT2D eigenvalue weighted by molar-refractivity contribution is -0.185. The molecule has 0 saturated heterocycles. The summed E-state index contributed by atoms with van der Waals surface area (Å²) in [5.74, 6) is -0.902. The quantitative estimate of drug-likeness (QED) is 0.405. The highest BCUT2D eigenvalue weighted by Crippen LogP contribution is 2.22. The van der Waals surface area contributed by atoms with Crippen molar-refractivity contribution < 1.29 is 19.1 Å². The Morgan fingerprint density at radius 1 is 1.12 bits per heavy atom. The Kier molecular flexibility index (Phi) is 8.78. The molecule has 0 radical (unpaired) electrons. The van der Waals surface area contributed by atoms with Crippen molar-refractivity contribution in [3.8, 4) is 0 Å². The molecule has 0 rings (SSSR count). The number of ether oxygens (including phenoxy) is 2. The van der Waals surface area contributed by atoms with E-state index >= 15 is 0 Å². The van der Waals surface area contributed by atoms with Gasteiger partial charge < -0.3 is 9.47 Å². The van der Waals surface area contributed by atoms with E-state index in [9.17, 15) is 9.59 Å². The van der Waals surface area contributed by atoms with Gasteiger partial charge in [0.1, 0.15) is 0 Å². The van der Waals surface area contributed by atoms with Crippen LogP contribution in [0.25, 0.3) is 0 Å². The molecule has 0 fully saturated rings. The van der Waals surface area contributed by atoms with E-state index in [1.807, 2.05) is 0 Å². The predicted octanol–water partition coefficient (Wildman–Crippen LogP) is 0.917. The molecule has 0 aliphatic rings. The summed E-state index contributed by atoms with van der Waals surface area (Å²) < 4.78 is 10.6. The molecule has 1 atom stereocenters. The number of esters is 1. The van der Waals surface area contributed by atoms with Gasteiger partial charge in [-0.25, -0.2) is 4.79 Å². The molecule has 5 heteroatoms. The summed E-state index contributed by atoms with van der Waals surface area (Å²) in [5.41, 5.74) is -1.45. The maximum atomic E-state index is 11.9. The lowest BCUT2D eigenvalue weighted by atomic mass is 9.95. The predicted molar refractivity (Wildman–Crippen MR) is 71.1 cm³/mol. The van der Waals surface area contributed by atoms with Crippen molar-refractivity contribution in [2.24, 2.45) is 0 Å². The van der Waals surface area contributed by atoms with Crippen LogP contribution in [0.2, 0.25) is 0 Å². The van der Waals surface area contributed by atoms with Gasteiger partial charge in [0.15, 0.2) is 23.1 Å². The van der Waals surface area contributed by atoms with Crippen LogP contribution in [-0.2, 0) is 19.1 Å². The molecule has 0 aromatic rings. The van der Waals surface area contributed by atoms with Gasteiger partial charge in [0.25, 0.3) is 0 Å². The van der Waals surface area contributed by atoms with Crippen molar-refractivity contribution in [1.82, 2.24) is 0 Å². The Hall–Kier alpha value is -0.368. The second-order valence-corrected chi connectivity index (χ2v) is 4.36. The zero-order chi connectivity index (χ0) is 12.9. The van der Waals surface area contributed by atoms with Crippen molar-refractivity contribution in [2.45, 2.75) is 65.8 Å². The van der Waals surface area contributed by atoms with E-state index in [1.54, 1.807) is 34.6 Å². The number of carbonyl (C=O) groups excluding carboxylic acids is 2. The molecule has 1 unspecified atom stereocenters. The molecule has 0 bridgehead atoms. The number of carbonyl (C=O) groups is 2. The lowest BCUT2D eigenvalue weighted by Crippen LogP contribution is -2.50. The van der Waals surface area contributed by atoms with Crippen LogP contribution < -0.4 is 0 Å². The van der Waals surface area contributed by atoms with Gasteiger partial charge in [0, 0.05) is 0 Å². The minimum absolute atomic E-state index is 0. The Morgan fingerprint density at radius 2 is 1.59 bits per heavy atom. The molecule has 4 nitrogen and oxygen atoms in total. The number of Topliss-reactive ketones (excluding diaryl/α,β-unsaturated/α-hetero) is 1. The van der Waals surface area contributed by atoms with Crippen LogP contribution in [0.4, 0.5) is 0 Å². The second-order valence-electron chi connectivity index (χ2n) is 4.36. The monoisotopic (exact) mass is 260 g/mol. The third kappa shape index (κ3) is 5.20. The van der Waals surface area contributed by atoms with E-state index in [0.29, 0.717) is 0 Å².